The third-order valence-electron chi connectivity index (χ3n) is 5.98. The van der Waals surface area contributed by atoms with E-state index in [4.69, 9.17) is 4.74 Å². The summed E-state index contributed by atoms with van der Waals surface area (Å²) in [6, 6.07) is 16.2. The number of hydrogen-bond donors (Lipinski definition) is 2. The number of benzene rings is 1. The number of ether oxygens (including phenoxy) is 1. The van der Waals surface area contributed by atoms with Crippen LogP contribution in [0.15, 0.2) is 72.4 Å². The van der Waals surface area contributed by atoms with Gasteiger partial charge in [0.2, 0.25) is 5.91 Å². The summed E-state index contributed by atoms with van der Waals surface area (Å²) in [6.45, 7) is 6.62. The van der Waals surface area contributed by atoms with Crippen molar-refractivity contribution in [2.45, 2.75) is 71.3 Å². The molecule has 9 nitrogen and oxygen atoms in total. The smallest absolute Gasteiger partial charge is 0.408 e. The maximum Gasteiger partial charge on any atom is 0.408 e. The highest BCUT2D eigenvalue weighted by molar-refractivity contribution is 7.09. The molecule has 2 aromatic heterocycles. The minimum atomic E-state index is -0.998. The molecule has 1 aromatic carbocycles. The van der Waals surface area contributed by atoms with E-state index in [0.29, 0.717) is 38.9 Å². The zero-order valence-electron chi connectivity index (χ0n) is 23.3. The van der Waals surface area contributed by atoms with Crippen LogP contribution in [0.1, 0.15) is 56.0 Å². The van der Waals surface area contributed by atoms with Crippen molar-refractivity contribution >= 4 is 29.4 Å². The molecule has 40 heavy (non-hydrogen) atoms. The molecule has 10 heteroatoms. The Morgan fingerprint density at radius 2 is 1.68 bits per heavy atom. The van der Waals surface area contributed by atoms with Gasteiger partial charge in [0.05, 0.1) is 6.54 Å². The third-order valence-corrected chi connectivity index (χ3v) is 6.84. The summed E-state index contributed by atoms with van der Waals surface area (Å²) in [6.07, 6.45) is 3.14. The summed E-state index contributed by atoms with van der Waals surface area (Å²) in [5.41, 5.74) is 1.06. The molecule has 0 saturated heterocycles. The van der Waals surface area contributed by atoms with Crippen LogP contribution in [-0.2, 0) is 29.2 Å². The number of hydrogen-bond acceptors (Lipinski definition) is 6. The molecule has 214 valence electrons. The number of alkyl carbamates (subject to hydrolysis) is 1. The summed E-state index contributed by atoms with van der Waals surface area (Å²) in [5, 5.41) is 14.4. The summed E-state index contributed by atoms with van der Waals surface area (Å²) in [5.74, 6) is -0.234. The molecule has 0 aliphatic rings. The van der Waals surface area contributed by atoms with E-state index in [-0.39, 0.29) is 12.5 Å². The molecule has 0 aliphatic heterocycles. The molecule has 0 aliphatic carbocycles. The number of nitrogens with zero attached hydrogens (tertiary/aromatic N) is 3. The van der Waals surface area contributed by atoms with Crippen molar-refractivity contribution in [3.63, 3.8) is 0 Å². The van der Waals surface area contributed by atoms with Crippen LogP contribution in [0.2, 0.25) is 0 Å². The van der Waals surface area contributed by atoms with Crippen LogP contribution < -0.4 is 5.32 Å². The molecular formula is C30H38N4O5S. The van der Waals surface area contributed by atoms with Gasteiger partial charge in [-0.3, -0.25) is 9.78 Å². The number of thiophene rings is 1. The number of carbonyl (C=O) groups excluding carboxylic acids is 2. The molecule has 0 fully saturated rings. The van der Waals surface area contributed by atoms with E-state index in [1.54, 1.807) is 49.4 Å². The largest absolute Gasteiger partial charge is 0.465 e. The second-order valence-electron chi connectivity index (χ2n) is 10.5. The van der Waals surface area contributed by atoms with Crippen molar-refractivity contribution in [2.75, 3.05) is 6.54 Å². The fourth-order valence-corrected chi connectivity index (χ4v) is 4.86. The van der Waals surface area contributed by atoms with E-state index in [0.717, 1.165) is 16.0 Å². The maximum atomic E-state index is 13.9. The Morgan fingerprint density at radius 3 is 2.30 bits per heavy atom. The van der Waals surface area contributed by atoms with Crippen LogP contribution in [-0.4, -0.2) is 56.2 Å². The van der Waals surface area contributed by atoms with Crippen molar-refractivity contribution in [1.29, 1.82) is 0 Å². The minimum absolute atomic E-state index is 0.234. The lowest BCUT2D eigenvalue weighted by atomic mass is 10.1. The fourth-order valence-electron chi connectivity index (χ4n) is 4.14. The molecule has 2 N–H and O–H groups in total. The second-order valence-corrected chi connectivity index (χ2v) is 11.6. The molecule has 0 radical (unpaired) electrons. The predicted molar refractivity (Wildman–Crippen MR) is 155 cm³/mol. The van der Waals surface area contributed by atoms with E-state index in [2.05, 4.69) is 10.3 Å². The van der Waals surface area contributed by atoms with Crippen LogP contribution in [0.5, 0.6) is 0 Å². The van der Waals surface area contributed by atoms with Crippen molar-refractivity contribution in [1.82, 2.24) is 20.1 Å². The van der Waals surface area contributed by atoms with E-state index in [1.807, 2.05) is 60.0 Å². The Kier molecular flexibility index (Phi) is 11.5. The molecule has 2 heterocycles. The van der Waals surface area contributed by atoms with Gasteiger partial charge in [-0.05, 0) is 68.7 Å². The Balaban J connectivity index is 1.70. The molecule has 3 rings (SSSR count). The zero-order chi connectivity index (χ0) is 29.0. The van der Waals surface area contributed by atoms with Crippen molar-refractivity contribution in [3.8, 4) is 0 Å². The molecule has 0 saturated carbocycles. The molecule has 3 aromatic rings. The van der Waals surface area contributed by atoms with Gasteiger partial charge >= 0.3 is 12.2 Å². The standard InChI is InChI=1S/C30H38N4O5S/c1-30(2,3)39-28(36)32-26(15-7-8-17-33(29(37)38)20-23-11-5-4-6-12-23)27(35)34(22-25-14-10-18-40-25)21-24-13-9-16-31-19-24/h4-6,9-14,16,18-19,26H,7-8,15,17,20-22H2,1-3H3,(H,32,36)(H,37,38)/t26-/m0/s1. The van der Waals surface area contributed by atoms with E-state index >= 15 is 0 Å². The monoisotopic (exact) mass is 566 g/mol. The normalized spacial score (nSPS) is 11.9. The first-order chi connectivity index (χ1) is 19.1. The van der Waals surface area contributed by atoms with Crippen molar-refractivity contribution in [3.05, 3.63) is 88.4 Å². The lowest BCUT2D eigenvalue weighted by Gasteiger charge is -2.29. The minimum Gasteiger partial charge on any atom is -0.465 e. The van der Waals surface area contributed by atoms with Crippen molar-refractivity contribution in [2.24, 2.45) is 0 Å². The van der Waals surface area contributed by atoms with Gasteiger partial charge in [0.15, 0.2) is 0 Å². The quantitative estimate of drug-likeness (QED) is 0.249. The molecule has 3 amide bonds. The van der Waals surface area contributed by atoms with E-state index < -0.39 is 23.8 Å². The average Bonchev–Trinajstić information content (AvgIpc) is 3.42. The predicted octanol–water partition coefficient (Wildman–Crippen LogP) is 5.92. The van der Waals surface area contributed by atoms with Gasteiger partial charge in [0.1, 0.15) is 11.6 Å². The summed E-state index contributed by atoms with van der Waals surface area (Å²) in [4.78, 5) is 46.7. The van der Waals surface area contributed by atoms with Crippen LogP contribution in [0.4, 0.5) is 9.59 Å². The Labute approximate surface area is 239 Å². The SMILES string of the molecule is CC(C)(C)OC(=O)N[C@@H](CCCCN(Cc1ccccc1)C(=O)O)C(=O)N(Cc1cccnc1)Cc1cccs1. The maximum absolute atomic E-state index is 13.9. The van der Waals surface area contributed by atoms with Crippen LogP contribution in [0.25, 0.3) is 0 Å². The highest BCUT2D eigenvalue weighted by Crippen LogP contribution is 2.18. The second kappa shape index (κ2) is 15.0. The fraction of sp³-hybridized carbons (Fsp3) is 0.400. The molecule has 0 unspecified atom stereocenters. The molecule has 1 atom stereocenters. The topological polar surface area (TPSA) is 112 Å². The summed E-state index contributed by atoms with van der Waals surface area (Å²) >= 11 is 1.56. The number of pyridine rings is 1. The number of rotatable bonds is 13. The lowest BCUT2D eigenvalue weighted by Crippen LogP contribution is -2.49. The van der Waals surface area contributed by atoms with Gasteiger partial charge in [0, 0.05) is 36.9 Å². The average molecular weight is 567 g/mol. The number of unbranched alkanes of at least 4 members (excludes halogenated alkanes) is 1. The van der Waals surface area contributed by atoms with Crippen LogP contribution in [0.3, 0.4) is 0 Å². The van der Waals surface area contributed by atoms with E-state index in [1.165, 1.54) is 4.90 Å². The summed E-state index contributed by atoms with van der Waals surface area (Å²) in [7, 11) is 0. The number of nitrogens with one attached hydrogen (secondary N) is 1. The first kappa shape index (κ1) is 30.6. The Bertz CT molecular complexity index is 1200. The first-order valence-corrected chi connectivity index (χ1v) is 14.2. The lowest BCUT2D eigenvalue weighted by molar-refractivity contribution is -0.135. The molecular weight excluding hydrogens is 528 g/mol. The third kappa shape index (κ3) is 10.7. The molecule has 0 spiro atoms. The highest BCUT2D eigenvalue weighted by Gasteiger charge is 2.28. The number of carbonyl (C=O) groups is 3. The molecule has 0 bridgehead atoms. The van der Waals surface area contributed by atoms with Gasteiger partial charge in [-0.15, -0.1) is 11.3 Å². The van der Waals surface area contributed by atoms with Gasteiger partial charge in [-0.1, -0.05) is 42.5 Å². The Hall–Kier alpha value is -3.92. The van der Waals surface area contributed by atoms with Gasteiger partial charge in [0.25, 0.3) is 0 Å². The van der Waals surface area contributed by atoms with Gasteiger partial charge < -0.3 is 25.0 Å². The first-order valence-electron chi connectivity index (χ1n) is 13.3. The van der Waals surface area contributed by atoms with Crippen molar-refractivity contribution < 1.29 is 24.2 Å². The number of carboxylic acid groups (broad SMARTS) is 1. The van der Waals surface area contributed by atoms with Gasteiger partial charge in [-0.25, -0.2) is 9.59 Å². The van der Waals surface area contributed by atoms with Crippen LogP contribution >= 0.6 is 11.3 Å². The van der Waals surface area contributed by atoms with Gasteiger partial charge in [-0.2, -0.15) is 0 Å². The number of aromatic nitrogens is 1. The zero-order valence-corrected chi connectivity index (χ0v) is 24.1. The Morgan fingerprint density at radius 1 is 0.950 bits per heavy atom. The van der Waals surface area contributed by atoms with E-state index in [9.17, 15) is 19.5 Å². The summed E-state index contributed by atoms with van der Waals surface area (Å²) < 4.78 is 5.45. The number of amides is 3. The highest BCUT2D eigenvalue weighted by atomic mass is 32.1. The van der Waals surface area contributed by atoms with Crippen LogP contribution in [0, 0.1) is 0 Å².